The summed E-state index contributed by atoms with van der Waals surface area (Å²) in [5.41, 5.74) is 11.5. The molecule has 8 aromatic rings. The van der Waals surface area contributed by atoms with Crippen molar-refractivity contribution >= 4 is 17.0 Å². The molecule has 0 aliphatic heterocycles. The highest BCUT2D eigenvalue weighted by molar-refractivity contribution is 5.96. The van der Waals surface area contributed by atoms with E-state index >= 15 is 0 Å². The van der Waals surface area contributed by atoms with Crippen LogP contribution in [0.15, 0.2) is 146 Å². The maximum atomic E-state index is 14.1. The molecule has 0 spiro atoms. The number of aryl methyl sites for hydroxylation is 2. The topological polar surface area (TPSA) is 43.6 Å². The van der Waals surface area contributed by atoms with E-state index in [2.05, 4.69) is 67.0 Å². The summed E-state index contributed by atoms with van der Waals surface area (Å²) in [7, 11) is 0. The minimum absolute atomic E-state index is 0.365. The molecule has 268 valence electrons. The predicted octanol–water partition coefficient (Wildman–Crippen LogP) is 12.7. The highest BCUT2D eigenvalue weighted by Gasteiger charge is 2.31. The van der Waals surface area contributed by atoms with Crippen LogP contribution in [0.1, 0.15) is 34.4 Å². The van der Waals surface area contributed by atoms with Gasteiger partial charge in [0.25, 0.3) is 0 Å². The summed E-state index contributed by atoms with van der Waals surface area (Å²) >= 11 is 0. The average Bonchev–Trinajstić information content (AvgIpc) is 3.54. The zero-order valence-electron chi connectivity index (χ0n) is 30.3. The van der Waals surface area contributed by atoms with Gasteiger partial charge in [0.15, 0.2) is 17.5 Å². The fourth-order valence-corrected chi connectivity index (χ4v) is 7.74. The minimum Gasteiger partial charge on any atom is -0.313 e. The van der Waals surface area contributed by atoms with Crippen LogP contribution in [0.4, 0.5) is 13.2 Å². The highest BCUT2D eigenvalue weighted by atomic mass is 19.4. The zero-order valence-corrected chi connectivity index (χ0v) is 30.3. The Morgan fingerprint density at radius 3 is 1.87 bits per heavy atom. The van der Waals surface area contributed by atoms with E-state index in [0.29, 0.717) is 34.2 Å². The Hall–Kier alpha value is -6.60. The molecule has 4 nitrogen and oxygen atoms in total. The van der Waals surface area contributed by atoms with Gasteiger partial charge >= 0.3 is 6.18 Å². The lowest BCUT2D eigenvalue weighted by Crippen LogP contribution is -2.06. The third-order valence-electron chi connectivity index (χ3n) is 10.2. The SMILES string of the molecule is Cc1cc(C)cc(-c2ccc3c(c2)c2c(n3-c3ccc(-c4cccc(C(F)(F)F)c4)c(-c4nc(-c5ccccc5)nc(-c5ccccc5)n4)c3)CCC=C2)c1. The number of nitrogens with zero attached hydrogens (tertiary/aromatic N) is 4. The van der Waals surface area contributed by atoms with Crippen molar-refractivity contribution in [1.29, 1.82) is 0 Å². The average molecular weight is 725 g/mol. The molecule has 0 amide bonds. The largest absolute Gasteiger partial charge is 0.416 e. The van der Waals surface area contributed by atoms with E-state index < -0.39 is 11.7 Å². The van der Waals surface area contributed by atoms with E-state index in [1.165, 1.54) is 40.1 Å². The zero-order chi connectivity index (χ0) is 37.7. The number of hydrogen-bond donors (Lipinski definition) is 0. The number of allylic oxidation sites excluding steroid dienone is 1. The van der Waals surface area contributed by atoms with E-state index in [4.69, 9.17) is 15.0 Å². The van der Waals surface area contributed by atoms with Crippen LogP contribution in [-0.2, 0) is 12.6 Å². The smallest absolute Gasteiger partial charge is 0.313 e. The predicted molar refractivity (Wildman–Crippen MR) is 216 cm³/mol. The molecule has 0 unspecified atom stereocenters. The standard InChI is InChI=1S/C48H35F3N4/c1-30-24-31(2)26-36(25-30)34-20-23-44-41(28-34)40-18-9-10-19-43(40)55(44)38-21-22-39(35-16-11-17-37(27-35)48(49,50)51)42(29-38)47-53-45(32-12-5-3-6-13-32)52-46(54-47)33-14-7-4-8-15-33/h3-9,11-18,20-29H,10,19H2,1-2H3. The first kappa shape index (κ1) is 34.2. The van der Waals surface area contributed by atoms with E-state index in [-0.39, 0.29) is 0 Å². The lowest BCUT2D eigenvalue weighted by atomic mass is 9.96. The molecule has 7 heteroatoms. The van der Waals surface area contributed by atoms with Gasteiger partial charge < -0.3 is 4.57 Å². The molecule has 1 aliphatic rings. The maximum absolute atomic E-state index is 14.1. The summed E-state index contributed by atoms with van der Waals surface area (Å²) in [5, 5.41) is 1.14. The lowest BCUT2D eigenvalue weighted by Gasteiger charge is -2.18. The van der Waals surface area contributed by atoms with Gasteiger partial charge in [-0.3, -0.25) is 0 Å². The third kappa shape index (κ3) is 6.52. The van der Waals surface area contributed by atoms with Crippen molar-refractivity contribution in [2.24, 2.45) is 0 Å². The van der Waals surface area contributed by atoms with Gasteiger partial charge in [-0.1, -0.05) is 126 Å². The van der Waals surface area contributed by atoms with E-state index in [1.807, 2.05) is 78.9 Å². The molecule has 2 aromatic heterocycles. The van der Waals surface area contributed by atoms with Crippen LogP contribution in [-0.4, -0.2) is 19.5 Å². The molecular weight excluding hydrogens is 690 g/mol. The second kappa shape index (κ2) is 13.7. The number of benzene rings is 6. The van der Waals surface area contributed by atoms with Crippen molar-refractivity contribution in [3.8, 4) is 62.1 Å². The Morgan fingerprint density at radius 1 is 0.545 bits per heavy atom. The Bertz CT molecular complexity index is 2690. The van der Waals surface area contributed by atoms with Crippen molar-refractivity contribution in [2.75, 3.05) is 0 Å². The molecule has 0 N–H and O–H groups in total. The molecule has 0 bridgehead atoms. The molecule has 9 rings (SSSR count). The summed E-state index contributed by atoms with van der Waals surface area (Å²) in [6.45, 7) is 4.24. The molecule has 0 atom stereocenters. The summed E-state index contributed by atoms with van der Waals surface area (Å²) in [6, 6.07) is 43.9. The Kier molecular flexibility index (Phi) is 8.50. The van der Waals surface area contributed by atoms with E-state index in [9.17, 15) is 13.2 Å². The van der Waals surface area contributed by atoms with Crippen molar-refractivity contribution in [3.05, 3.63) is 174 Å². The number of fused-ring (bicyclic) bond motifs is 3. The van der Waals surface area contributed by atoms with Crippen molar-refractivity contribution in [1.82, 2.24) is 19.5 Å². The van der Waals surface area contributed by atoms with Gasteiger partial charge in [0.2, 0.25) is 0 Å². The van der Waals surface area contributed by atoms with Gasteiger partial charge in [-0.05, 0) is 85.3 Å². The van der Waals surface area contributed by atoms with Gasteiger partial charge in [0.1, 0.15) is 0 Å². The number of halogens is 3. The van der Waals surface area contributed by atoms with Crippen molar-refractivity contribution in [3.63, 3.8) is 0 Å². The van der Waals surface area contributed by atoms with Crippen LogP contribution in [0.5, 0.6) is 0 Å². The fourth-order valence-electron chi connectivity index (χ4n) is 7.74. The van der Waals surface area contributed by atoms with Gasteiger partial charge in [-0.2, -0.15) is 13.2 Å². The fraction of sp³-hybridized carbons (Fsp3) is 0.104. The second-order valence-corrected chi connectivity index (χ2v) is 14.1. The summed E-state index contributed by atoms with van der Waals surface area (Å²) in [5.74, 6) is 1.31. The van der Waals surface area contributed by atoms with Crippen LogP contribution in [0.25, 0.3) is 79.1 Å². The number of alkyl halides is 3. The van der Waals surface area contributed by atoms with E-state index in [0.717, 1.165) is 52.2 Å². The first-order valence-corrected chi connectivity index (χ1v) is 18.3. The molecule has 0 radical (unpaired) electrons. The summed E-state index contributed by atoms with van der Waals surface area (Å²) < 4.78 is 44.5. The quantitative estimate of drug-likeness (QED) is 0.171. The van der Waals surface area contributed by atoms with E-state index in [1.54, 1.807) is 6.07 Å². The molecule has 1 aliphatic carbocycles. The molecule has 2 heterocycles. The minimum atomic E-state index is -4.50. The Morgan fingerprint density at radius 2 is 1.20 bits per heavy atom. The molecule has 6 aromatic carbocycles. The third-order valence-corrected chi connectivity index (χ3v) is 10.2. The Labute approximate surface area is 317 Å². The number of aromatic nitrogens is 4. The first-order valence-electron chi connectivity index (χ1n) is 18.3. The van der Waals surface area contributed by atoms with Crippen LogP contribution in [0.3, 0.4) is 0 Å². The lowest BCUT2D eigenvalue weighted by molar-refractivity contribution is -0.137. The molecule has 0 saturated heterocycles. The second-order valence-electron chi connectivity index (χ2n) is 14.1. The van der Waals surface area contributed by atoms with Crippen molar-refractivity contribution < 1.29 is 13.2 Å². The van der Waals surface area contributed by atoms with Crippen LogP contribution in [0.2, 0.25) is 0 Å². The molecule has 55 heavy (non-hydrogen) atoms. The normalized spacial score (nSPS) is 12.6. The first-order chi connectivity index (χ1) is 26.7. The highest BCUT2D eigenvalue weighted by Crippen LogP contribution is 2.41. The van der Waals surface area contributed by atoms with Crippen molar-refractivity contribution in [2.45, 2.75) is 32.9 Å². The maximum Gasteiger partial charge on any atom is 0.416 e. The van der Waals surface area contributed by atoms with Gasteiger partial charge in [-0.25, -0.2) is 15.0 Å². The summed E-state index contributed by atoms with van der Waals surface area (Å²) in [4.78, 5) is 14.9. The van der Waals surface area contributed by atoms with Crippen LogP contribution in [0, 0.1) is 13.8 Å². The Balaban J connectivity index is 1.30. The molecular formula is C48H35F3N4. The van der Waals surface area contributed by atoms with Gasteiger partial charge in [-0.15, -0.1) is 0 Å². The van der Waals surface area contributed by atoms with Gasteiger partial charge in [0.05, 0.1) is 11.1 Å². The number of rotatable bonds is 6. The molecule has 0 fully saturated rings. The van der Waals surface area contributed by atoms with Crippen LogP contribution >= 0.6 is 0 Å². The number of hydrogen-bond acceptors (Lipinski definition) is 3. The summed E-state index contributed by atoms with van der Waals surface area (Å²) in [6.07, 6.45) is 1.67. The molecule has 0 saturated carbocycles. The van der Waals surface area contributed by atoms with Crippen LogP contribution < -0.4 is 0 Å². The van der Waals surface area contributed by atoms with Gasteiger partial charge in [0, 0.05) is 39.0 Å². The monoisotopic (exact) mass is 724 g/mol.